The maximum absolute atomic E-state index is 11.4. The van der Waals surface area contributed by atoms with Crippen molar-refractivity contribution in [2.75, 3.05) is 0 Å². The molecule has 1 N–H and O–H groups in total. The van der Waals surface area contributed by atoms with Gasteiger partial charge in [0.2, 0.25) is 0 Å². The van der Waals surface area contributed by atoms with E-state index in [1.54, 1.807) is 0 Å². The number of halogens is 1. The second-order valence-electron chi connectivity index (χ2n) is 7.88. The average Bonchev–Trinajstić information content (AvgIpc) is 3.32. The molecule has 0 aliphatic heterocycles. The van der Waals surface area contributed by atoms with E-state index in [1.165, 1.54) is 50.5 Å². The van der Waals surface area contributed by atoms with Crippen LogP contribution in [0, 0.1) is 17.8 Å². The zero-order valence-corrected chi connectivity index (χ0v) is 14.0. The lowest BCUT2D eigenvalue weighted by Crippen LogP contribution is -2.35. The fraction of sp³-hybridized carbons (Fsp3) is 0.632. The Balaban J connectivity index is 1.63. The van der Waals surface area contributed by atoms with E-state index in [0.717, 1.165) is 22.2 Å². The highest BCUT2D eigenvalue weighted by Gasteiger charge is 2.42. The third kappa shape index (κ3) is 2.24. The van der Waals surface area contributed by atoms with E-state index in [2.05, 4.69) is 9.38 Å². The van der Waals surface area contributed by atoms with E-state index in [1.807, 2.05) is 18.6 Å². The van der Waals surface area contributed by atoms with Gasteiger partial charge in [-0.2, -0.15) is 0 Å². The first-order chi connectivity index (χ1) is 11.2. The fourth-order valence-corrected chi connectivity index (χ4v) is 5.53. The Labute approximate surface area is 141 Å². The van der Waals surface area contributed by atoms with E-state index < -0.39 is 6.10 Å². The summed E-state index contributed by atoms with van der Waals surface area (Å²) in [5.74, 6) is 2.42. The van der Waals surface area contributed by atoms with Crippen molar-refractivity contribution in [1.82, 2.24) is 9.38 Å². The zero-order valence-electron chi connectivity index (χ0n) is 13.3. The molecule has 2 aromatic rings. The third-order valence-corrected chi connectivity index (χ3v) is 6.82. The van der Waals surface area contributed by atoms with Gasteiger partial charge in [-0.1, -0.05) is 24.4 Å². The molecule has 4 saturated carbocycles. The van der Waals surface area contributed by atoms with Gasteiger partial charge in [0.15, 0.2) is 0 Å². The van der Waals surface area contributed by atoms with Crippen LogP contribution in [0.2, 0.25) is 5.02 Å². The van der Waals surface area contributed by atoms with Crippen molar-refractivity contribution in [2.45, 2.75) is 57.0 Å². The average molecular weight is 331 g/mol. The van der Waals surface area contributed by atoms with Crippen molar-refractivity contribution in [2.24, 2.45) is 17.8 Å². The SMILES string of the molecule is O[C@H](c1c(C2CC2)c(Cl)cc2cncn12)C1CC2CCC1CC2. The van der Waals surface area contributed by atoms with E-state index in [0.29, 0.717) is 17.8 Å². The molecule has 4 fully saturated rings. The predicted octanol–water partition coefficient (Wildman–Crippen LogP) is 4.72. The molecule has 0 aromatic carbocycles. The van der Waals surface area contributed by atoms with Gasteiger partial charge in [-0.15, -0.1) is 0 Å². The molecule has 6 rings (SSSR count). The van der Waals surface area contributed by atoms with E-state index >= 15 is 0 Å². The van der Waals surface area contributed by atoms with Crippen LogP contribution in [0.5, 0.6) is 0 Å². The summed E-state index contributed by atoms with van der Waals surface area (Å²) in [6, 6.07) is 2.01. The number of nitrogens with zero attached hydrogens (tertiary/aromatic N) is 2. The van der Waals surface area contributed by atoms with Crippen LogP contribution in [-0.2, 0) is 0 Å². The highest BCUT2D eigenvalue weighted by atomic mass is 35.5. The standard InChI is InChI=1S/C19H23ClN2O/c20-16-8-14-9-21-10-22(14)18(17(16)13-5-6-13)19(23)15-7-11-1-3-12(15)4-2-11/h8-13,15,19,23H,1-7H2/t11?,12?,15?,19-/m0/s1. The summed E-state index contributed by atoms with van der Waals surface area (Å²) >= 11 is 6.61. The summed E-state index contributed by atoms with van der Waals surface area (Å²) in [7, 11) is 0. The van der Waals surface area contributed by atoms with Crippen LogP contribution in [0.4, 0.5) is 0 Å². The Kier molecular flexibility index (Phi) is 3.24. The minimum atomic E-state index is -0.408. The summed E-state index contributed by atoms with van der Waals surface area (Å²) in [5.41, 5.74) is 3.21. The molecule has 4 aliphatic rings. The first kappa shape index (κ1) is 14.3. The Morgan fingerprint density at radius 2 is 1.96 bits per heavy atom. The smallest absolute Gasteiger partial charge is 0.0995 e. The summed E-state index contributed by atoms with van der Waals surface area (Å²) < 4.78 is 2.09. The fourth-order valence-electron chi connectivity index (χ4n) is 5.17. The number of aliphatic hydroxyl groups is 1. The number of fused-ring (bicyclic) bond motifs is 4. The van der Waals surface area contributed by atoms with Crippen LogP contribution in [0.15, 0.2) is 18.6 Å². The summed E-state index contributed by atoms with van der Waals surface area (Å²) in [4.78, 5) is 4.29. The molecule has 4 aliphatic carbocycles. The topological polar surface area (TPSA) is 37.5 Å². The maximum atomic E-state index is 11.4. The van der Waals surface area contributed by atoms with Crippen LogP contribution < -0.4 is 0 Å². The maximum Gasteiger partial charge on any atom is 0.0995 e. The van der Waals surface area contributed by atoms with Gasteiger partial charge in [0.05, 0.1) is 29.8 Å². The number of pyridine rings is 1. The van der Waals surface area contributed by atoms with Crippen molar-refractivity contribution in [1.29, 1.82) is 0 Å². The Morgan fingerprint density at radius 1 is 1.17 bits per heavy atom. The Hall–Kier alpha value is -1.06. The molecule has 3 nitrogen and oxygen atoms in total. The second kappa shape index (κ2) is 5.22. The first-order valence-corrected chi connectivity index (χ1v) is 9.42. The van der Waals surface area contributed by atoms with Crippen molar-refractivity contribution in [3.63, 3.8) is 0 Å². The van der Waals surface area contributed by atoms with Gasteiger partial charge in [0, 0.05) is 5.02 Å². The lowest BCUT2D eigenvalue weighted by atomic mass is 9.62. The molecule has 0 radical (unpaired) electrons. The van der Waals surface area contributed by atoms with Gasteiger partial charge in [0.25, 0.3) is 0 Å². The largest absolute Gasteiger partial charge is 0.387 e. The normalized spacial score (nSPS) is 31.7. The highest BCUT2D eigenvalue weighted by Crippen LogP contribution is 2.53. The van der Waals surface area contributed by atoms with E-state index in [9.17, 15) is 5.11 Å². The molecule has 2 bridgehead atoms. The molecule has 23 heavy (non-hydrogen) atoms. The van der Waals surface area contributed by atoms with Gasteiger partial charge in [-0.25, -0.2) is 4.98 Å². The molecule has 1 unspecified atom stereocenters. The highest BCUT2D eigenvalue weighted by molar-refractivity contribution is 6.31. The molecule has 2 aromatic heterocycles. The molecule has 2 atom stereocenters. The van der Waals surface area contributed by atoms with Crippen molar-refractivity contribution >= 4 is 17.1 Å². The number of aliphatic hydroxyl groups excluding tert-OH is 1. The number of imidazole rings is 1. The van der Waals surface area contributed by atoms with Crippen LogP contribution in [0.25, 0.3) is 5.52 Å². The lowest BCUT2D eigenvalue weighted by Gasteiger charge is -2.44. The summed E-state index contributed by atoms with van der Waals surface area (Å²) in [5, 5.41) is 12.2. The Morgan fingerprint density at radius 3 is 2.61 bits per heavy atom. The third-order valence-electron chi connectivity index (χ3n) is 6.51. The molecule has 2 heterocycles. The zero-order chi connectivity index (χ0) is 15.6. The summed E-state index contributed by atoms with van der Waals surface area (Å²) in [6.45, 7) is 0. The summed E-state index contributed by atoms with van der Waals surface area (Å²) in [6.07, 6.45) is 12.1. The first-order valence-electron chi connectivity index (χ1n) is 9.05. The molecule has 0 saturated heterocycles. The van der Waals surface area contributed by atoms with Gasteiger partial charge in [-0.3, -0.25) is 0 Å². The quantitative estimate of drug-likeness (QED) is 0.883. The number of rotatable bonds is 3. The minimum Gasteiger partial charge on any atom is -0.387 e. The van der Waals surface area contributed by atoms with Crippen molar-refractivity contribution in [3.05, 3.63) is 34.9 Å². The number of aromatic nitrogens is 2. The molecule has 0 spiro atoms. The molecular formula is C19H23ClN2O. The van der Waals surface area contributed by atoms with Gasteiger partial charge >= 0.3 is 0 Å². The number of hydrogen-bond acceptors (Lipinski definition) is 2. The van der Waals surface area contributed by atoms with Crippen LogP contribution >= 0.6 is 11.6 Å². The molecule has 0 amide bonds. The van der Waals surface area contributed by atoms with Gasteiger partial charge < -0.3 is 9.51 Å². The molecular weight excluding hydrogens is 308 g/mol. The molecule has 122 valence electrons. The van der Waals surface area contributed by atoms with Crippen LogP contribution in [0.1, 0.15) is 68.2 Å². The minimum absolute atomic E-state index is 0.393. The monoisotopic (exact) mass is 330 g/mol. The lowest BCUT2D eigenvalue weighted by molar-refractivity contribution is -0.00791. The van der Waals surface area contributed by atoms with Gasteiger partial charge in [-0.05, 0) is 67.4 Å². The van der Waals surface area contributed by atoms with E-state index in [-0.39, 0.29) is 0 Å². The van der Waals surface area contributed by atoms with E-state index in [4.69, 9.17) is 11.6 Å². The van der Waals surface area contributed by atoms with Crippen molar-refractivity contribution < 1.29 is 5.11 Å². The van der Waals surface area contributed by atoms with Crippen molar-refractivity contribution in [3.8, 4) is 0 Å². The van der Waals surface area contributed by atoms with Crippen LogP contribution in [0.3, 0.4) is 0 Å². The van der Waals surface area contributed by atoms with Crippen LogP contribution in [-0.4, -0.2) is 14.5 Å². The second-order valence-corrected chi connectivity index (χ2v) is 8.29. The Bertz CT molecular complexity index is 743. The molecule has 4 heteroatoms. The predicted molar refractivity (Wildman–Crippen MR) is 90.7 cm³/mol. The van der Waals surface area contributed by atoms with Gasteiger partial charge in [0.1, 0.15) is 0 Å². The number of hydrogen-bond donors (Lipinski definition) is 1.